The molecule has 1 heterocycles. The van der Waals surface area contributed by atoms with E-state index in [0.29, 0.717) is 27.7 Å². The lowest BCUT2D eigenvalue weighted by Crippen LogP contribution is -2.39. The molecule has 25 heavy (non-hydrogen) atoms. The SMILES string of the molecule is CN1C(=O)C(C)(C)COc2cc(NC(=O)c3ccc(Cl)cc3)ccc21. The van der Waals surface area contributed by atoms with E-state index in [1.807, 2.05) is 13.8 Å². The molecule has 0 aliphatic carbocycles. The van der Waals surface area contributed by atoms with Crippen LogP contribution < -0.4 is 15.0 Å². The van der Waals surface area contributed by atoms with Gasteiger partial charge in [0.15, 0.2) is 0 Å². The van der Waals surface area contributed by atoms with Gasteiger partial charge in [0.1, 0.15) is 12.4 Å². The van der Waals surface area contributed by atoms with Crippen molar-refractivity contribution in [2.45, 2.75) is 13.8 Å². The Morgan fingerprint density at radius 1 is 1.20 bits per heavy atom. The number of carbonyl (C=O) groups is 2. The maximum atomic E-state index is 12.5. The van der Waals surface area contributed by atoms with Gasteiger partial charge in [-0.15, -0.1) is 0 Å². The third-order valence-electron chi connectivity index (χ3n) is 4.16. The highest BCUT2D eigenvalue weighted by Gasteiger charge is 2.36. The van der Waals surface area contributed by atoms with Crippen LogP contribution in [0.25, 0.3) is 0 Å². The fraction of sp³-hybridized carbons (Fsp3) is 0.263. The second-order valence-electron chi connectivity index (χ2n) is 6.68. The first-order valence-corrected chi connectivity index (χ1v) is 8.28. The lowest BCUT2D eigenvalue weighted by Gasteiger charge is -2.24. The second kappa shape index (κ2) is 6.41. The van der Waals surface area contributed by atoms with Gasteiger partial charge in [0.2, 0.25) is 5.91 Å². The molecule has 2 aromatic rings. The number of amides is 2. The standard InChI is InChI=1S/C19H19ClN2O3/c1-19(2)11-25-16-10-14(8-9-15(16)22(3)18(19)24)21-17(23)12-4-6-13(20)7-5-12/h4-10H,11H2,1-3H3,(H,21,23). The first-order valence-electron chi connectivity index (χ1n) is 7.90. The minimum absolute atomic E-state index is 0.0100. The molecule has 0 bridgehead atoms. The lowest BCUT2D eigenvalue weighted by molar-refractivity contribution is -0.127. The highest BCUT2D eigenvalue weighted by molar-refractivity contribution is 6.30. The molecule has 2 amide bonds. The number of halogens is 1. The highest BCUT2D eigenvalue weighted by atomic mass is 35.5. The minimum Gasteiger partial charge on any atom is -0.490 e. The molecule has 1 aliphatic rings. The number of hydrogen-bond donors (Lipinski definition) is 1. The van der Waals surface area contributed by atoms with Crippen LogP contribution in [-0.2, 0) is 4.79 Å². The zero-order chi connectivity index (χ0) is 18.2. The maximum absolute atomic E-state index is 12.5. The van der Waals surface area contributed by atoms with Crippen LogP contribution in [0.3, 0.4) is 0 Å². The van der Waals surface area contributed by atoms with Crippen molar-refractivity contribution in [3.8, 4) is 5.75 Å². The monoisotopic (exact) mass is 358 g/mol. The number of ether oxygens (including phenoxy) is 1. The van der Waals surface area contributed by atoms with Crippen molar-refractivity contribution in [3.63, 3.8) is 0 Å². The number of nitrogens with one attached hydrogen (secondary N) is 1. The van der Waals surface area contributed by atoms with Crippen LogP contribution in [0.4, 0.5) is 11.4 Å². The van der Waals surface area contributed by atoms with Gasteiger partial charge >= 0.3 is 0 Å². The maximum Gasteiger partial charge on any atom is 0.255 e. The van der Waals surface area contributed by atoms with Gasteiger partial charge in [-0.1, -0.05) is 11.6 Å². The van der Waals surface area contributed by atoms with Gasteiger partial charge in [-0.2, -0.15) is 0 Å². The number of rotatable bonds is 2. The number of nitrogens with zero attached hydrogens (tertiary/aromatic N) is 1. The molecule has 0 fully saturated rings. The summed E-state index contributed by atoms with van der Waals surface area (Å²) >= 11 is 5.84. The molecule has 0 spiro atoms. The Hall–Kier alpha value is -2.53. The molecule has 0 unspecified atom stereocenters. The molecule has 6 heteroatoms. The number of benzene rings is 2. The van der Waals surface area contributed by atoms with Crippen molar-refractivity contribution in [3.05, 3.63) is 53.1 Å². The van der Waals surface area contributed by atoms with Gasteiger partial charge in [-0.05, 0) is 50.2 Å². The van der Waals surface area contributed by atoms with E-state index in [0.717, 1.165) is 0 Å². The molecule has 1 aliphatic heterocycles. The predicted molar refractivity (Wildman–Crippen MR) is 98.5 cm³/mol. The van der Waals surface area contributed by atoms with Gasteiger partial charge in [0.05, 0.1) is 11.1 Å². The fourth-order valence-electron chi connectivity index (χ4n) is 2.67. The summed E-state index contributed by atoms with van der Waals surface area (Å²) in [6.07, 6.45) is 0. The molecular weight excluding hydrogens is 340 g/mol. The van der Waals surface area contributed by atoms with Gasteiger partial charge < -0.3 is 15.0 Å². The van der Waals surface area contributed by atoms with Crippen LogP contribution in [0.2, 0.25) is 5.02 Å². The van der Waals surface area contributed by atoms with E-state index in [-0.39, 0.29) is 18.4 Å². The van der Waals surface area contributed by atoms with Crippen molar-refractivity contribution in [2.75, 3.05) is 23.9 Å². The van der Waals surface area contributed by atoms with Crippen molar-refractivity contribution < 1.29 is 14.3 Å². The molecule has 130 valence electrons. The van der Waals surface area contributed by atoms with E-state index in [9.17, 15) is 9.59 Å². The molecule has 3 rings (SSSR count). The average molecular weight is 359 g/mol. The molecule has 0 saturated carbocycles. The molecule has 0 atom stereocenters. The van der Waals surface area contributed by atoms with E-state index in [1.165, 1.54) is 0 Å². The topological polar surface area (TPSA) is 58.6 Å². The summed E-state index contributed by atoms with van der Waals surface area (Å²) < 4.78 is 5.82. The highest BCUT2D eigenvalue weighted by Crippen LogP contribution is 2.37. The average Bonchev–Trinajstić information content (AvgIpc) is 2.66. The van der Waals surface area contributed by atoms with Gasteiger partial charge in [-0.25, -0.2) is 0 Å². The van der Waals surface area contributed by atoms with Crippen LogP contribution in [-0.4, -0.2) is 25.5 Å². The zero-order valence-corrected chi connectivity index (χ0v) is 15.1. The van der Waals surface area contributed by atoms with E-state index >= 15 is 0 Å². The number of hydrogen-bond acceptors (Lipinski definition) is 3. The fourth-order valence-corrected chi connectivity index (χ4v) is 2.80. The smallest absolute Gasteiger partial charge is 0.255 e. The molecule has 1 N–H and O–H groups in total. The molecule has 5 nitrogen and oxygen atoms in total. The summed E-state index contributed by atoms with van der Waals surface area (Å²) in [6.45, 7) is 3.97. The Morgan fingerprint density at radius 3 is 2.56 bits per heavy atom. The third-order valence-corrected chi connectivity index (χ3v) is 4.41. The van der Waals surface area contributed by atoms with Gasteiger partial charge in [-0.3, -0.25) is 9.59 Å². The van der Waals surface area contributed by atoms with Crippen LogP contribution in [0.5, 0.6) is 5.75 Å². The van der Waals surface area contributed by atoms with E-state index in [4.69, 9.17) is 16.3 Å². The Bertz CT molecular complexity index is 831. The van der Waals surface area contributed by atoms with Crippen molar-refractivity contribution >= 4 is 34.8 Å². The molecule has 0 aromatic heterocycles. The van der Waals surface area contributed by atoms with Crippen LogP contribution in [0.1, 0.15) is 24.2 Å². The Kier molecular flexibility index (Phi) is 4.43. The van der Waals surface area contributed by atoms with Crippen molar-refractivity contribution in [2.24, 2.45) is 5.41 Å². The van der Waals surface area contributed by atoms with Crippen molar-refractivity contribution in [1.82, 2.24) is 0 Å². The van der Waals surface area contributed by atoms with Crippen molar-refractivity contribution in [1.29, 1.82) is 0 Å². The van der Waals surface area contributed by atoms with Gasteiger partial charge in [0, 0.05) is 29.4 Å². The first-order chi connectivity index (χ1) is 11.8. The Morgan fingerprint density at radius 2 is 1.88 bits per heavy atom. The Balaban J connectivity index is 1.84. The molecule has 0 radical (unpaired) electrons. The first kappa shape index (κ1) is 17.3. The van der Waals surface area contributed by atoms with E-state index < -0.39 is 5.41 Å². The second-order valence-corrected chi connectivity index (χ2v) is 7.12. The third kappa shape index (κ3) is 3.46. The zero-order valence-electron chi connectivity index (χ0n) is 14.3. The van der Waals surface area contributed by atoms with E-state index in [1.54, 1.807) is 54.4 Å². The summed E-state index contributed by atoms with van der Waals surface area (Å²) in [5, 5.41) is 3.40. The minimum atomic E-state index is -0.611. The largest absolute Gasteiger partial charge is 0.490 e. The number of carbonyl (C=O) groups excluding carboxylic acids is 2. The summed E-state index contributed by atoms with van der Waals surface area (Å²) in [7, 11) is 1.73. The summed E-state index contributed by atoms with van der Waals surface area (Å²) in [6, 6.07) is 11.9. The molecular formula is C19H19ClN2O3. The summed E-state index contributed by atoms with van der Waals surface area (Å²) in [5.74, 6) is 0.314. The van der Waals surface area contributed by atoms with Crippen LogP contribution >= 0.6 is 11.6 Å². The van der Waals surface area contributed by atoms with Crippen LogP contribution in [0.15, 0.2) is 42.5 Å². The number of fused-ring (bicyclic) bond motifs is 1. The molecule has 2 aromatic carbocycles. The Labute approximate surface area is 151 Å². The quantitative estimate of drug-likeness (QED) is 0.883. The summed E-state index contributed by atoms with van der Waals surface area (Å²) in [5.41, 5.74) is 1.17. The normalized spacial score (nSPS) is 15.8. The molecule has 0 saturated heterocycles. The summed E-state index contributed by atoms with van der Waals surface area (Å²) in [4.78, 5) is 26.4. The predicted octanol–water partition coefficient (Wildman–Crippen LogP) is 3.97. The lowest BCUT2D eigenvalue weighted by atomic mass is 9.93. The number of anilines is 2. The van der Waals surface area contributed by atoms with Crippen LogP contribution in [0, 0.1) is 5.41 Å². The van der Waals surface area contributed by atoms with E-state index in [2.05, 4.69) is 5.32 Å². The van der Waals surface area contributed by atoms with Gasteiger partial charge in [0.25, 0.3) is 5.91 Å².